The van der Waals surface area contributed by atoms with E-state index >= 15 is 0 Å². The van der Waals surface area contributed by atoms with Gasteiger partial charge in [-0.1, -0.05) is 30.3 Å². The molecule has 0 radical (unpaired) electrons. The van der Waals surface area contributed by atoms with Crippen LogP contribution in [0.1, 0.15) is 24.2 Å². The third kappa shape index (κ3) is 2.25. The van der Waals surface area contributed by atoms with Crippen molar-refractivity contribution < 1.29 is 0 Å². The number of rotatable bonds is 4. The second-order valence-corrected chi connectivity index (χ2v) is 5.08. The molecule has 0 atom stereocenters. The fourth-order valence-electron chi connectivity index (χ4n) is 2.71. The minimum Gasteiger partial charge on any atom is -0.348 e. The molecule has 4 heteroatoms. The van der Waals surface area contributed by atoms with E-state index in [2.05, 4.69) is 21.4 Å². The highest BCUT2D eigenvalue weighted by Gasteiger charge is 2.45. The number of aromatic nitrogens is 2. The first kappa shape index (κ1) is 11.9. The average molecular weight is 252 g/mol. The normalized spacial score (nSPS) is 25.5. The van der Waals surface area contributed by atoms with Crippen molar-refractivity contribution in [2.45, 2.75) is 30.8 Å². The molecule has 1 fully saturated rings. The lowest BCUT2D eigenvalue weighted by Gasteiger charge is -2.43. The summed E-state index contributed by atoms with van der Waals surface area (Å²) in [4.78, 5) is 7.25. The van der Waals surface area contributed by atoms with Gasteiger partial charge < -0.3 is 10.3 Å². The minimum absolute atomic E-state index is 0.303. The number of H-pyrrole nitrogens is 1. The Morgan fingerprint density at radius 1 is 1.37 bits per heavy atom. The zero-order valence-electron chi connectivity index (χ0n) is 10.6. The van der Waals surface area contributed by atoms with E-state index in [1.165, 1.54) is 0 Å². The van der Waals surface area contributed by atoms with Crippen LogP contribution in [0.15, 0.2) is 42.7 Å². The Bertz CT molecular complexity index is 562. The van der Waals surface area contributed by atoms with Gasteiger partial charge in [0, 0.05) is 18.4 Å². The molecule has 19 heavy (non-hydrogen) atoms. The molecule has 0 saturated heterocycles. The minimum atomic E-state index is -0.303. The smallest absolute Gasteiger partial charge is 0.120 e. The summed E-state index contributed by atoms with van der Waals surface area (Å²) in [6.07, 6.45) is 5.31. The van der Waals surface area contributed by atoms with Crippen LogP contribution in [0.4, 0.5) is 0 Å². The molecule has 1 heterocycles. The summed E-state index contributed by atoms with van der Waals surface area (Å²) in [5.74, 6) is 0.939. The van der Waals surface area contributed by atoms with Crippen LogP contribution in [-0.4, -0.2) is 16.0 Å². The summed E-state index contributed by atoms with van der Waals surface area (Å²) in [6, 6.07) is 13.0. The van der Waals surface area contributed by atoms with E-state index in [1.807, 2.05) is 36.5 Å². The van der Waals surface area contributed by atoms with Crippen molar-refractivity contribution in [3.63, 3.8) is 0 Å². The lowest BCUT2D eigenvalue weighted by molar-refractivity contribution is 0.224. The molecular formula is C15H16N4. The Kier molecular flexibility index (Phi) is 3.06. The van der Waals surface area contributed by atoms with Gasteiger partial charge in [0.2, 0.25) is 0 Å². The number of hydrogen-bond acceptors (Lipinski definition) is 3. The van der Waals surface area contributed by atoms with Crippen molar-refractivity contribution in [2.24, 2.45) is 0 Å². The van der Waals surface area contributed by atoms with E-state index < -0.39 is 0 Å². The van der Waals surface area contributed by atoms with Gasteiger partial charge in [0.25, 0.3) is 0 Å². The highest BCUT2D eigenvalue weighted by atomic mass is 15.0. The van der Waals surface area contributed by atoms with Crippen molar-refractivity contribution in [1.29, 1.82) is 5.26 Å². The van der Waals surface area contributed by atoms with Crippen molar-refractivity contribution in [2.75, 3.05) is 0 Å². The van der Waals surface area contributed by atoms with Crippen LogP contribution in [0.3, 0.4) is 0 Å². The van der Waals surface area contributed by atoms with Crippen molar-refractivity contribution in [3.8, 4) is 6.07 Å². The number of hydrogen-bond donors (Lipinski definition) is 2. The topological polar surface area (TPSA) is 64.5 Å². The van der Waals surface area contributed by atoms with Gasteiger partial charge in [-0.15, -0.1) is 0 Å². The van der Waals surface area contributed by atoms with Gasteiger partial charge in [0.15, 0.2) is 0 Å². The van der Waals surface area contributed by atoms with Gasteiger partial charge >= 0.3 is 0 Å². The molecule has 0 amide bonds. The molecule has 0 spiro atoms. The molecule has 4 nitrogen and oxygen atoms in total. The lowest BCUT2D eigenvalue weighted by Crippen LogP contribution is -2.50. The molecule has 1 aliphatic carbocycles. The van der Waals surface area contributed by atoms with E-state index in [0.29, 0.717) is 6.04 Å². The summed E-state index contributed by atoms with van der Waals surface area (Å²) in [5.41, 5.74) is 0.829. The maximum atomic E-state index is 9.46. The monoisotopic (exact) mass is 252 g/mol. The molecule has 2 N–H and O–H groups in total. The highest BCUT2D eigenvalue weighted by molar-refractivity contribution is 5.36. The zero-order chi connectivity index (χ0) is 13.1. The molecule has 0 bridgehead atoms. The largest absolute Gasteiger partial charge is 0.348 e. The first-order chi connectivity index (χ1) is 9.32. The van der Waals surface area contributed by atoms with Gasteiger partial charge in [0.05, 0.1) is 18.0 Å². The summed E-state index contributed by atoms with van der Waals surface area (Å²) in [6.45, 7) is 0.730. The van der Waals surface area contributed by atoms with E-state index in [0.717, 1.165) is 30.8 Å². The molecule has 1 aliphatic rings. The first-order valence-corrected chi connectivity index (χ1v) is 6.51. The Labute approximate surface area is 112 Å². The summed E-state index contributed by atoms with van der Waals surface area (Å²) in [7, 11) is 0. The van der Waals surface area contributed by atoms with Crippen LogP contribution in [-0.2, 0) is 12.0 Å². The quantitative estimate of drug-likeness (QED) is 0.876. The molecule has 3 rings (SSSR count). The Morgan fingerprint density at radius 2 is 2.16 bits per heavy atom. The molecule has 2 aromatic rings. The van der Waals surface area contributed by atoms with Gasteiger partial charge in [0.1, 0.15) is 5.82 Å². The Morgan fingerprint density at radius 3 is 2.79 bits per heavy atom. The molecular weight excluding hydrogens is 236 g/mol. The van der Waals surface area contributed by atoms with E-state index in [4.69, 9.17) is 0 Å². The standard InChI is InChI=1S/C15H16N4/c16-11-15(12-4-2-1-3-5-12)8-13(9-15)19-10-14-17-6-7-18-14/h1-7,13,19H,8-10H2,(H,17,18). The van der Waals surface area contributed by atoms with Crippen LogP contribution < -0.4 is 5.32 Å². The number of benzene rings is 1. The summed E-state index contributed by atoms with van der Waals surface area (Å²) in [5, 5.41) is 12.9. The second kappa shape index (κ2) is 4.87. The third-order valence-corrected chi connectivity index (χ3v) is 3.84. The molecule has 96 valence electrons. The third-order valence-electron chi connectivity index (χ3n) is 3.84. The molecule has 1 saturated carbocycles. The number of nitrogens with one attached hydrogen (secondary N) is 2. The number of nitriles is 1. The van der Waals surface area contributed by atoms with Crippen molar-refractivity contribution >= 4 is 0 Å². The number of nitrogens with zero attached hydrogens (tertiary/aromatic N) is 2. The lowest BCUT2D eigenvalue weighted by atomic mass is 9.62. The zero-order valence-corrected chi connectivity index (χ0v) is 10.6. The van der Waals surface area contributed by atoms with Gasteiger partial charge in [-0.3, -0.25) is 0 Å². The Hall–Kier alpha value is -2.12. The van der Waals surface area contributed by atoms with Crippen molar-refractivity contribution in [3.05, 3.63) is 54.1 Å². The van der Waals surface area contributed by atoms with E-state index in [9.17, 15) is 5.26 Å². The number of aromatic amines is 1. The van der Waals surface area contributed by atoms with Gasteiger partial charge in [-0.25, -0.2) is 4.98 Å². The maximum Gasteiger partial charge on any atom is 0.120 e. The molecule has 1 aromatic carbocycles. The summed E-state index contributed by atoms with van der Waals surface area (Å²) >= 11 is 0. The van der Waals surface area contributed by atoms with E-state index in [-0.39, 0.29) is 5.41 Å². The summed E-state index contributed by atoms with van der Waals surface area (Å²) < 4.78 is 0. The predicted octanol–water partition coefficient (Wildman–Crippen LogP) is 2.12. The molecule has 0 aliphatic heterocycles. The highest BCUT2D eigenvalue weighted by Crippen LogP contribution is 2.43. The fourth-order valence-corrected chi connectivity index (χ4v) is 2.71. The van der Waals surface area contributed by atoms with Gasteiger partial charge in [-0.05, 0) is 18.4 Å². The second-order valence-electron chi connectivity index (χ2n) is 5.08. The van der Waals surface area contributed by atoms with Gasteiger partial charge in [-0.2, -0.15) is 5.26 Å². The Balaban J connectivity index is 1.60. The number of imidazole rings is 1. The van der Waals surface area contributed by atoms with Crippen LogP contribution >= 0.6 is 0 Å². The first-order valence-electron chi connectivity index (χ1n) is 6.51. The molecule has 1 aromatic heterocycles. The predicted molar refractivity (Wildman–Crippen MR) is 72.2 cm³/mol. The SMILES string of the molecule is N#CC1(c2ccccc2)CC(NCc2ncc[nH]2)C1. The van der Waals surface area contributed by atoms with Crippen molar-refractivity contribution in [1.82, 2.24) is 15.3 Å². The molecule has 0 unspecified atom stereocenters. The van der Waals surface area contributed by atoms with E-state index in [1.54, 1.807) is 6.20 Å². The van der Waals surface area contributed by atoms with Crippen LogP contribution in [0.5, 0.6) is 0 Å². The fraction of sp³-hybridized carbons (Fsp3) is 0.333. The average Bonchev–Trinajstić information content (AvgIpc) is 2.92. The maximum absolute atomic E-state index is 9.46. The van der Waals surface area contributed by atoms with Crippen LogP contribution in [0, 0.1) is 11.3 Å². The van der Waals surface area contributed by atoms with Crippen LogP contribution in [0.2, 0.25) is 0 Å². The van der Waals surface area contributed by atoms with Crippen LogP contribution in [0.25, 0.3) is 0 Å².